The molecule has 1 fully saturated rings. The van der Waals surface area contributed by atoms with E-state index in [0.29, 0.717) is 30.4 Å². The minimum absolute atomic E-state index is 0.268. The molecule has 11 heteroatoms. The molecule has 0 unspecified atom stereocenters. The van der Waals surface area contributed by atoms with Gasteiger partial charge >= 0.3 is 0 Å². The van der Waals surface area contributed by atoms with E-state index in [0.717, 1.165) is 9.91 Å². The smallest absolute Gasteiger partial charge is 0.263 e. The molecule has 0 spiro atoms. The summed E-state index contributed by atoms with van der Waals surface area (Å²) in [5, 5.41) is 11.4. The first-order chi connectivity index (χ1) is 15.0. The molecule has 2 aromatic carbocycles. The molecular weight excluding hydrogens is 409 g/mol. The summed E-state index contributed by atoms with van der Waals surface area (Å²) in [6.07, 6.45) is 0. The molecule has 0 bridgehead atoms. The lowest BCUT2D eigenvalue weighted by molar-refractivity contribution is -0.123. The number of ether oxygens (including phenoxy) is 2. The van der Waals surface area contributed by atoms with Crippen molar-refractivity contribution in [2.45, 2.75) is 12.1 Å². The van der Waals surface area contributed by atoms with Crippen LogP contribution in [0.15, 0.2) is 52.8 Å². The second-order valence-electron chi connectivity index (χ2n) is 7.09. The predicted octanol–water partition coefficient (Wildman–Crippen LogP) is 1.53. The minimum Gasteiger partial charge on any atom is -0.486 e. The first-order valence-corrected chi connectivity index (χ1v) is 9.51. The number of imide groups is 1. The Bertz CT molecular complexity index is 1120. The highest BCUT2D eigenvalue weighted by Gasteiger charge is 2.55. The molecule has 3 aliphatic rings. The van der Waals surface area contributed by atoms with Crippen LogP contribution in [0.4, 0.5) is 15.8 Å². The van der Waals surface area contributed by atoms with E-state index in [1.165, 1.54) is 24.3 Å². The minimum atomic E-state index is -1.04. The largest absolute Gasteiger partial charge is 0.486 e. The van der Waals surface area contributed by atoms with Gasteiger partial charge in [0.2, 0.25) is 5.91 Å². The van der Waals surface area contributed by atoms with Crippen LogP contribution in [0.1, 0.15) is 0 Å². The standard InChI is InChI=1S/C20H16FN5O5/c21-11-2-1-3-12(8-11)22-16(27)10-25-18-17(23-24-25)19(28)26(20(18)29)13-4-5-14-15(9-13)31-7-6-30-14/h1-5,8-9,17-18H,6-7,10H2,(H,22,27)/t17-,18+/m1/s1. The third-order valence-electron chi connectivity index (χ3n) is 5.06. The fourth-order valence-electron chi connectivity index (χ4n) is 3.69. The van der Waals surface area contributed by atoms with Gasteiger partial charge in [-0.3, -0.25) is 19.4 Å². The molecule has 3 aliphatic heterocycles. The fraction of sp³-hybridized carbons (Fsp3) is 0.250. The van der Waals surface area contributed by atoms with Gasteiger partial charge < -0.3 is 14.8 Å². The number of carbonyl (C=O) groups is 3. The Balaban J connectivity index is 1.32. The van der Waals surface area contributed by atoms with Gasteiger partial charge in [0.05, 0.1) is 5.69 Å². The molecule has 158 valence electrons. The Morgan fingerprint density at radius 2 is 1.90 bits per heavy atom. The Labute approximate surface area is 175 Å². The summed E-state index contributed by atoms with van der Waals surface area (Å²) < 4.78 is 24.3. The number of anilines is 2. The molecule has 31 heavy (non-hydrogen) atoms. The average molecular weight is 425 g/mol. The van der Waals surface area contributed by atoms with E-state index in [1.54, 1.807) is 18.2 Å². The molecule has 0 aromatic heterocycles. The normalized spacial score (nSPS) is 21.5. The highest BCUT2D eigenvalue weighted by molar-refractivity contribution is 6.25. The molecule has 5 rings (SSSR count). The van der Waals surface area contributed by atoms with Crippen LogP contribution in [0.5, 0.6) is 11.5 Å². The molecule has 3 heterocycles. The van der Waals surface area contributed by atoms with E-state index in [-0.39, 0.29) is 12.2 Å². The molecule has 0 aliphatic carbocycles. The van der Waals surface area contributed by atoms with Crippen LogP contribution in [0.2, 0.25) is 0 Å². The van der Waals surface area contributed by atoms with Gasteiger partial charge in [-0.1, -0.05) is 11.3 Å². The average Bonchev–Trinajstić information content (AvgIpc) is 3.27. The third kappa shape index (κ3) is 3.33. The summed E-state index contributed by atoms with van der Waals surface area (Å²) in [6, 6.07) is 8.12. The van der Waals surface area contributed by atoms with E-state index >= 15 is 0 Å². The van der Waals surface area contributed by atoms with Gasteiger partial charge in [-0.25, -0.2) is 9.29 Å². The predicted molar refractivity (Wildman–Crippen MR) is 104 cm³/mol. The van der Waals surface area contributed by atoms with Gasteiger partial charge in [-0.15, -0.1) is 0 Å². The van der Waals surface area contributed by atoms with Crippen molar-refractivity contribution in [2.75, 3.05) is 30.0 Å². The molecule has 1 N–H and O–H groups in total. The van der Waals surface area contributed by atoms with Crippen molar-refractivity contribution < 1.29 is 28.2 Å². The van der Waals surface area contributed by atoms with Crippen LogP contribution in [0.25, 0.3) is 0 Å². The van der Waals surface area contributed by atoms with Crippen LogP contribution >= 0.6 is 0 Å². The number of fused-ring (bicyclic) bond motifs is 2. The number of halogens is 1. The second-order valence-corrected chi connectivity index (χ2v) is 7.09. The number of amides is 3. The summed E-state index contributed by atoms with van der Waals surface area (Å²) in [4.78, 5) is 39.3. The van der Waals surface area contributed by atoms with Crippen molar-refractivity contribution in [3.63, 3.8) is 0 Å². The summed E-state index contributed by atoms with van der Waals surface area (Å²) in [5.41, 5.74) is 0.595. The summed E-state index contributed by atoms with van der Waals surface area (Å²) in [6.45, 7) is 0.465. The Hall–Kier alpha value is -4.02. The van der Waals surface area contributed by atoms with E-state index < -0.39 is 35.6 Å². The van der Waals surface area contributed by atoms with Gasteiger partial charge in [0.1, 0.15) is 25.6 Å². The van der Waals surface area contributed by atoms with Gasteiger partial charge in [0, 0.05) is 11.8 Å². The molecule has 2 atom stereocenters. The van der Waals surface area contributed by atoms with Crippen molar-refractivity contribution in [3.05, 3.63) is 48.3 Å². The topological polar surface area (TPSA) is 113 Å². The molecule has 10 nitrogen and oxygen atoms in total. The third-order valence-corrected chi connectivity index (χ3v) is 5.06. The van der Waals surface area contributed by atoms with E-state index in [2.05, 4.69) is 15.7 Å². The summed E-state index contributed by atoms with van der Waals surface area (Å²) >= 11 is 0. The zero-order chi connectivity index (χ0) is 21.5. The maximum Gasteiger partial charge on any atom is 0.263 e. The van der Waals surface area contributed by atoms with Crippen LogP contribution in [-0.2, 0) is 14.4 Å². The lowest BCUT2D eigenvalue weighted by atomic mass is 10.1. The van der Waals surface area contributed by atoms with Crippen LogP contribution in [-0.4, -0.2) is 54.6 Å². The number of carbonyl (C=O) groups excluding carboxylic acids is 3. The van der Waals surface area contributed by atoms with Crippen LogP contribution < -0.4 is 19.7 Å². The van der Waals surface area contributed by atoms with Gasteiger partial charge in [0.15, 0.2) is 23.6 Å². The molecule has 0 saturated carbocycles. The number of nitrogens with one attached hydrogen (secondary N) is 1. The molecule has 2 aromatic rings. The van der Waals surface area contributed by atoms with E-state index in [9.17, 15) is 18.8 Å². The Kier molecular flexibility index (Phi) is 4.50. The zero-order valence-corrected chi connectivity index (χ0v) is 16.0. The van der Waals surface area contributed by atoms with Crippen molar-refractivity contribution in [3.8, 4) is 11.5 Å². The number of benzene rings is 2. The molecule has 3 amide bonds. The van der Waals surface area contributed by atoms with Crippen molar-refractivity contribution in [1.82, 2.24) is 5.01 Å². The fourth-order valence-corrected chi connectivity index (χ4v) is 3.69. The summed E-state index contributed by atoms with van der Waals surface area (Å²) in [5.74, 6) is -1.13. The van der Waals surface area contributed by atoms with E-state index in [1.807, 2.05) is 0 Å². The molecule has 1 saturated heterocycles. The van der Waals surface area contributed by atoms with E-state index in [4.69, 9.17) is 9.47 Å². The maximum absolute atomic E-state index is 13.3. The monoisotopic (exact) mass is 425 g/mol. The SMILES string of the molecule is O=C(CN1N=N[C@H]2C(=O)N(c3ccc4c(c3)OCCO4)C(=O)[C@H]21)Nc1cccc(F)c1. The van der Waals surface area contributed by atoms with Crippen LogP contribution in [0, 0.1) is 5.82 Å². The highest BCUT2D eigenvalue weighted by atomic mass is 19.1. The number of rotatable bonds is 4. The van der Waals surface area contributed by atoms with Crippen molar-refractivity contribution in [2.24, 2.45) is 10.3 Å². The van der Waals surface area contributed by atoms with Gasteiger partial charge in [-0.05, 0) is 30.3 Å². The van der Waals surface area contributed by atoms with Crippen LogP contribution in [0.3, 0.4) is 0 Å². The van der Waals surface area contributed by atoms with Gasteiger partial charge in [0.25, 0.3) is 11.8 Å². The van der Waals surface area contributed by atoms with Crippen molar-refractivity contribution >= 4 is 29.1 Å². The lowest BCUT2D eigenvalue weighted by Crippen LogP contribution is -2.43. The number of hydrogen-bond acceptors (Lipinski definition) is 8. The lowest BCUT2D eigenvalue weighted by Gasteiger charge is -2.22. The van der Waals surface area contributed by atoms with Gasteiger partial charge in [-0.2, -0.15) is 5.11 Å². The molecule has 0 radical (unpaired) electrons. The first kappa shape index (κ1) is 19.0. The maximum atomic E-state index is 13.3. The second kappa shape index (κ2) is 7.35. The quantitative estimate of drug-likeness (QED) is 0.744. The first-order valence-electron chi connectivity index (χ1n) is 9.51. The zero-order valence-electron chi connectivity index (χ0n) is 16.0. The summed E-state index contributed by atoms with van der Waals surface area (Å²) in [7, 11) is 0. The number of hydrogen-bond donors (Lipinski definition) is 1. The van der Waals surface area contributed by atoms with Crippen molar-refractivity contribution in [1.29, 1.82) is 0 Å². The Morgan fingerprint density at radius 3 is 2.71 bits per heavy atom. The highest BCUT2D eigenvalue weighted by Crippen LogP contribution is 2.37. The molecular formula is C20H16FN5O5. The Morgan fingerprint density at radius 1 is 1.10 bits per heavy atom. The number of nitrogens with zero attached hydrogens (tertiary/aromatic N) is 4.